The van der Waals surface area contributed by atoms with E-state index in [1.165, 1.54) is 0 Å². The average molecular weight is 156 g/mol. The minimum Gasteiger partial charge on any atom is -0.488 e. The number of aryl methyl sites for hydroxylation is 1. The van der Waals surface area contributed by atoms with Gasteiger partial charge in [-0.2, -0.15) is 5.10 Å². The lowest BCUT2D eigenvalue weighted by Gasteiger charge is -1.97. The molecule has 0 spiro atoms. The molecule has 0 aliphatic rings. The molecule has 0 amide bonds. The highest BCUT2D eigenvalue weighted by Crippen LogP contribution is 2.06. The van der Waals surface area contributed by atoms with E-state index in [1.807, 2.05) is 6.92 Å². The zero-order valence-electron chi connectivity index (χ0n) is 6.53. The van der Waals surface area contributed by atoms with Crippen LogP contribution in [0.1, 0.15) is 6.92 Å². The van der Waals surface area contributed by atoms with Crippen molar-refractivity contribution in [3.05, 3.63) is 12.4 Å². The summed E-state index contributed by atoms with van der Waals surface area (Å²) in [6.45, 7) is 3.21. The summed E-state index contributed by atoms with van der Waals surface area (Å²) < 4.78 is 6.87. The molecular formula is C7H12N2O2. The van der Waals surface area contributed by atoms with Crippen molar-refractivity contribution in [1.82, 2.24) is 9.78 Å². The Hall–Kier alpha value is -1.03. The van der Waals surface area contributed by atoms with Gasteiger partial charge in [-0.1, -0.05) is 0 Å². The van der Waals surface area contributed by atoms with Gasteiger partial charge in [0.1, 0.15) is 6.61 Å². The lowest BCUT2D eigenvalue weighted by molar-refractivity contribution is 0.201. The van der Waals surface area contributed by atoms with E-state index in [4.69, 9.17) is 9.84 Å². The zero-order valence-corrected chi connectivity index (χ0v) is 6.53. The van der Waals surface area contributed by atoms with Crippen LogP contribution < -0.4 is 4.74 Å². The van der Waals surface area contributed by atoms with E-state index in [1.54, 1.807) is 17.1 Å². The van der Waals surface area contributed by atoms with Crippen LogP contribution in [0.25, 0.3) is 0 Å². The van der Waals surface area contributed by atoms with Crippen LogP contribution in [0.2, 0.25) is 0 Å². The third kappa shape index (κ3) is 2.23. The Labute approximate surface area is 65.4 Å². The third-order valence-electron chi connectivity index (χ3n) is 1.29. The smallest absolute Gasteiger partial charge is 0.157 e. The first-order chi connectivity index (χ1) is 5.36. The van der Waals surface area contributed by atoms with Gasteiger partial charge in [-0.25, -0.2) is 0 Å². The number of nitrogens with zero attached hydrogens (tertiary/aromatic N) is 2. The molecule has 1 heterocycles. The van der Waals surface area contributed by atoms with Gasteiger partial charge in [-0.15, -0.1) is 0 Å². The molecule has 0 aliphatic heterocycles. The molecule has 1 rings (SSSR count). The van der Waals surface area contributed by atoms with E-state index >= 15 is 0 Å². The van der Waals surface area contributed by atoms with Gasteiger partial charge in [0.15, 0.2) is 5.75 Å². The van der Waals surface area contributed by atoms with Crippen LogP contribution in [0.3, 0.4) is 0 Å². The average Bonchev–Trinajstić information content (AvgIpc) is 2.48. The Balaban J connectivity index is 2.44. The third-order valence-corrected chi connectivity index (χ3v) is 1.29. The van der Waals surface area contributed by atoms with Gasteiger partial charge in [0.05, 0.1) is 19.0 Å². The number of ether oxygens (including phenoxy) is 1. The highest BCUT2D eigenvalue weighted by Gasteiger charge is 1.95. The van der Waals surface area contributed by atoms with Gasteiger partial charge >= 0.3 is 0 Å². The fourth-order valence-electron chi connectivity index (χ4n) is 0.756. The number of aliphatic hydroxyl groups excluding tert-OH is 1. The molecule has 1 aromatic rings. The summed E-state index contributed by atoms with van der Waals surface area (Å²) in [7, 11) is 0. The van der Waals surface area contributed by atoms with Crippen molar-refractivity contribution in [2.45, 2.75) is 13.5 Å². The lowest BCUT2D eigenvalue weighted by Crippen LogP contribution is -2.00. The number of aromatic nitrogens is 2. The van der Waals surface area contributed by atoms with Gasteiger partial charge in [-0.3, -0.25) is 4.68 Å². The predicted octanol–water partition coefficient (Wildman–Crippen LogP) is 0.274. The van der Waals surface area contributed by atoms with E-state index in [-0.39, 0.29) is 6.61 Å². The Bertz CT molecular complexity index is 210. The molecule has 11 heavy (non-hydrogen) atoms. The van der Waals surface area contributed by atoms with Crippen LogP contribution in [0.4, 0.5) is 0 Å². The van der Waals surface area contributed by atoms with E-state index in [0.29, 0.717) is 12.4 Å². The Morgan fingerprint density at radius 2 is 2.55 bits per heavy atom. The SMILES string of the molecule is CCn1cc(OCCO)cn1. The number of hydrogen-bond donors (Lipinski definition) is 1. The zero-order chi connectivity index (χ0) is 8.10. The minimum atomic E-state index is 0.0390. The quantitative estimate of drug-likeness (QED) is 0.680. The van der Waals surface area contributed by atoms with Gasteiger partial charge in [-0.05, 0) is 6.92 Å². The first-order valence-electron chi connectivity index (χ1n) is 3.63. The van der Waals surface area contributed by atoms with Crippen LogP contribution in [-0.2, 0) is 6.54 Å². The van der Waals surface area contributed by atoms with Gasteiger partial charge in [0.25, 0.3) is 0 Å². The van der Waals surface area contributed by atoms with Crippen molar-refractivity contribution >= 4 is 0 Å². The molecule has 0 bridgehead atoms. The second kappa shape index (κ2) is 3.98. The molecule has 0 fully saturated rings. The molecule has 62 valence electrons. The first-order valence-corrected chi connectivity index (χ1v) is 3.63. The molecule has 0 aromatic carbocycles. The molecule has 0 atom stereocenters. The Kier molecular flexibility index (Phi) is 2.92. The largest absolute Gasteiger partial charge is 0.488 e. The number of rotatable bonds is 4. The van der Waals surface area contributed by atoms with Crippen molar-refractivity contribution < 1.29 is 9.84 Å². The van der Waals surface area contributed by atoms with Crippen LogP contribution in [0, 0.1) is 0 Å². The molecule has 4 nitrogen and oxygen atoms in total. The highest BCUT2D eigenvalue weighted by molar-refractivity contribution is 5.11. The lowest BCUT2D eigenvalue weighted by atomic mass is 10.6. The summed E-state index contributed by atoms with van der Waals surface area (Å²) in [6, 6.07) is 0. The summed E-state index contributed by atoms with van der Waals surface area (Å²) in [5.74, 6) is 0.709. The normalized spacial score (nSPS) is 10.0. The van der Waals surface area contributed by atoms with E-state index in [9.17, 15) is 0 Å². The molecule has 4 heteroatoms. The minimum absolute atomic E-state index is 0.0390. The van der Waals surface area contributed by atoms with Crippen LogP contribution >= 0.6 is 0 Å². The van der Waals surface area contributed by atoms with Crippen LogP contribution in [-0.4, -0.2) is 28.1 Å². The van der Waals surface area contributed by atoms with E-state index < -0.39 is 0 Å². The first kappa shape index (κ1) is 8.07. The molecular weight excluding hydrogens is 144 g/mol. The maximum absolute atomic E-state index is 8.44. The molecule has 1 N–H and O–H groups in total. The second-order valence-corrected chi connectivity index (χ2v) is 2.10. The maximum Gasteiger partial charge on any atom is 0.157 e. The van der Waals surface area contributed by atoms with Crippen molar-refractivity contribution in [2.75, 3.05) is 13.2 Å². The molecule has 0 saturated heterocycles. The fourth-order valence-corrected chi connectivity index (χ4v) is 0.756. The molecule has 0 radical (unpaired) electrons. The fraction of sp³-hybridized carbons (Fsp3) is 0.571. The summed E-state index contributed by atoms with van der Waals surface area (Å²) in [4.78, 5) is 0. The van der Waals surface area contributed by atoms with Crippen LogP contribution in [0.5, 0.6) is 5.75 Å². The van der Waals surface area contributed by atoms with Crippen LogP contribution in [0.15, 0.2) is 12.4 Å². The van der Waals surface area contributed by atoms with Crippen molar-refractivity contribution in [1.29, 1.82) is 0 Å². The standard InChI is InChI=1S/C7H12N2O2/c1-2-9-6-7(5-8-9)11-4-3-10/h5-6,10H,2-4H2,1H3. The van der Waals surface area contributed by atoms with Crippen molar-refractivity contribution in [3.8, 4) is 5.75 Å². The molecule has 0 unspecified atom stereocenters. The molecule has 0 saturated carbocycles. The maximum atomic E-state index is 8.44. The van der Waals surface area contributed by atoms with Gasteiger partial charge in [0.2, 0.25) is 0 Å². The summed E-state index contributed by atoms with van der Waals surface area (Å²) in [6.07, 6.45) is 3.44. The summed E-state index contributed by atoms with van der Waals surface area (Å²) in [5, 5.41) is 12.4. The van der Waals surface area contributed by atoms with Crippen molar-refractivity contribution in [2.24, 2.45) is 0 Å². The second-order valence-electron chi connectivity index (χ2n) is 2.10. The predicted molar refractivity (Wildman–Crippen MR) is 40.5 cm³/mol. The van der Waals surface area contributed by atoms with Gasteiger partial charge < -0.3 is 9.84 Å². The van der Waals surface area contributed by atoms with E-state index in [0.717, 1.165) is 6.54 Å². The van der Waals surface area contributed by atoms with Gasteiger partial charge in [0, 0.05) is 6.54 Å². The van der Waals surface area contributed by atoms with E-state index in [2.05, 4.69) is 5.10 Å². The summed E-state index contributed by atoms with van der Waals surface area (Å²) >= 11 is 0. The number of hydrogen-bond acceptors (Lipinski definition) is 3. The summed E-state index contributed by atoms with van der Waals surface area (Å²) in [5.41, 5.74) is 0. The number of aliphatic hydroxyl groups is 1. The molecule has 0 aliphatic carbocycles. The highest BCUT2D eigenvalue weighted by atomic mass is 16.5. The Morgan fingerprint density at radius 1 is 1.73 bits per heavy atom. The monoisotopic (exact) mass is 156 g/mol. The Morgan fingerprint density at radius 3 is 3.09 bits per heavy atom. The van der Waals surface area contributed by atoms with Crippen molar-refractivity contribution in [3.63, 3.8) is 0 Å². The molecule has 1 aromatic heterocycles. The topological polar surface area (TPSA) is 47.3 Å².